The summed E-state index contributed by atoms with van der Waals surface area (Å²) in [4.78, 5) is 11.1. The van der Waals surface area contributed by atoms with Crippen LogP contribution in [0.3, 0.4) is 0 Å². The van der Waals surface area contributed by atoms with E-state index in [1.807, 2.05) is 0 Å². The summed E-state index contributed by atoms with van der Waals surface area (Å²) in [6.07, 6.45) is -0.280. The van der Waals surface area contributed by atoms with E-state index in [0.717, 1.165) is 13.2 Å². The topological polar surface area (TPSA) is 35.5 Å². The molecule has 0 saturated heterocycles. The average molecular weight is 230 g/mol. The van der Waals surface area contributed by atoms with Gasteiger partial charge in [-0.25, -0.2) is 9.18 Å². The fourth-order valence-electron chi connectivity index (χ4n) is 1.14. The summed E-state index contributed by atoms with van der Waals surface area (Å²) in [5.74, 6) is -3.59. The van der Waals surface area contributed by atoms with Gasteiger partial charge in [-0.2, -0.15) is 4.39 Å². The van der Waals surface area contributed by atoms with Crippen LogP contribution >= 0.6 is 0 Å². The summed E-state index contributed by atoms with van der Waals surface area (Å²) in [6, 6.07) is 2.33. The van der Waals surface area contributed by atoms with Gasteiger partial charge in [0.1, 0.15) is 0 Å². The fraction of sp³-hybridized carbons (Fsp3) is 0.364. The smallest absolute Gasteiger partial charge is 0.340 e. The summed E-state index contributed by atoms with van der Waals surface area (Å²) in [5, 5.41) is 0. The molecule has 0 heterocycles. The van der Waals surface area contributed by atoms with Crippen LogP contribution in [-0.2, 0) is 4.74 Å². The lowest BCUT2D eigenvalue weighted by Crippen LogP contribution is -2.11. The summed E-state index contributed by atoms with van der Waals surface area (Å²) in [7, 11) is 1.10. The Morgan fingerprint density at radius 3 is 2.38 bits per heavy atom. The quantitative estimate of drug-likeness (QED) is 0.748. The number of hydrogen-bond donors (Lipinski definition) is 0. The van der Waals surface area contributed by atoms with Gasteiger partial charge in [0.05, 0.1) is 18.8 Å². The van der Waals surface area contributed by atoms with Gasteiger partial charge in [0.2, 0.25) is 5.82 Å². The lowest BCUT2D eigenvalue weighted by molar-refractivity contribution is 0.0594. The highest BCUT2D eigenvalue weighted by Crippen LogP contribution is 2.24. The second kappa shape index (κ2) is 4.92. The number of ether oxygens (including phenoxy) is 2. The van der Waals surface area contributed by atoms with Crippen LogP contribution < -0.4 is 4.74 Å². The molecule has 0 aliphatic rings. The number of hydrogen-bond acceptors (Lipinski definition) is 3. The van der Waals surface area contributed by atoms with Crippen LogP contribution in [0.1, 0.15) is 24.2 Å². The molecule has 0 unspecified atom stereocenters. The molecule has 1 aromatic carbocycles. The third kappa shape index (κ3) is 2.48. The Kier molecular flexibility index (Phi) is 3.82. The van der Waals surface area contributed by atoms with Crippen LogP contribution in [0.5, 0.6) is 5.75 Å². The third-order valence-corrected chi connectivity index (χ3v) is 1.81. The van der Waals surface area contributed by atoms with Crippen molar-refractivity contribution in [2.75, 3.05) is 7.11 Å². The molecule has 0 amide bonds. The third-order valence-electron chi connectivity index (χ3n) is 1.81. The number of esters is 1. The van der Waals surface area contributed by atoms with Crippen molar-refractivity contribution in [3.8, 4) is 5.75 Å². The molecule has 0 aliphatic heterocycles. The van der Waals surface area contributed by atoms with Crippen molar-refractivity contribution in [1.29, 1.82) is 0 Å². The monoisotopic (exact) mass is 230 g/mol. The first kappa shape index (κ1) is 12.4. The highest BCUT2D eigenvalue weighted by molar-refractivity contribution is 5.89. The zero-order valence-corrected chi connectivity index (χ0v) is 9.21. The largest absolute Gasteiger partial charge is 0.488 e. The van der Waals surface area contributed by atoms with E-state index < -0.39 is 23.2 Å². The molecule has 16 heavy (non-hydrogen) atoms. The van der Waals surface area contributed by atoms with Crippen molar-refractivity contribution in [3.63, 3.8) is 0 Å². The highest BCUT2D eigenvalue weighted by Gasteiger charge is 2.20. The molecule has 0 radical (unpaired) electrons. The van der Waals surface area contributed by atoms with Gasteiger partial charge in [-0.05, 0) is 26.0 Å². The fourth-order valence-corrected chi connectivity index (χ4v) is 1.14. The lowest BCUT2D eigenvalue weighted by atomic mass is 10.2. The Balaban J connectivity index is 3.13. The van der Waals surface area contributed by atoms with Crippen LogP contribution in [0, 0.1) is 11.6 Å². The van der Waals surface area contributed by atoms with Gasteiger partial charge >= 0.3 is 5.97 Å². The molecule has 5 heteroatoms. The van der Waals surface area contributed by atoms with E-state index in [2.05, 4.69) is 4.74 Å². The molecule has 0 atom stereocenters. The molecular formula is C11H12F2O3. The van der Waals surface area contributed by atoms with E-state index >= 15 is 0 Å². The van der Waals surface area contributed by atoms with Gasteiger partial charge in [-0.1, -0.05) is 0 Å². The molecule has 1 rings (SSSR count). The maximum atomic E-state index is 13.4. The van der Waals surface area contributed by atoms with Gasteiger partial charge in [0.25, 0.3) is 0 Å². The minimum Gasteiger partial charge on any atom is -0.488 e. The Hall–Kier alpha value is -1.65. The van der Waals surface area contributed by atoms with Crippen molar-refractivity contribution in [2.45, 2.75) is 20.0 Å². The van der Waals surface area contributed by atoms with E-state index in [1.54, 1.807) is 13.8 Å². The average Bonchev–Trinajstić information content (AvgIpc) is 2.23. The minimum atomic E-state index is -1.26. The molecule has 0 N–H and O–H groups in total. The standard InChI is InChI=1S/C11H12F2O3/c1-6(2)16-8-5-4-7(11(14)15-3)9(12)10(8)13/h4-6H,1-3H3. The molecule has 88 valence electrons. The maximum Gasteiger partial charge on any atom is 0.340 e. The number of methoxy groups -OCH3 is 1. The summed E-state index contributed by atoms with van der Waals surface area (Å²) in [6.45, 7) is 3.37. The molecule has 0 bridgehead atoms. The normalized spacial score (nSPS) is 10.4. The first-order valence-corrected chi connectivity index (χ1v) is 4.70. The maximum absolute atomic E-state index is 13.4. The van der Waals surface area contributed by atoms with Crippen LogP contribution in [-0.4, -0.2) is 19.2 Å². The Morgan fingerprint density at radius 2 is 1.88 bits per heavy atom. The molecular weight excluding hydrogens is 218 g/mol. The van der Waals surface area contributed by atoms with Gasteiger partial charge in [0.15, 0.2) is 11.6 Å². The second-order valence-corrected chi connectivity index (χ2v) is 3.40. The van der Waals surface area contributed by atoms with Gasteiger partial charge in [0, 0.05) is 0 Å². The van der Waals surface area contributed by atoms with Crippen molar-refractivity contribution in [3.05, 3.63) is 29.3 Å². The number of halogens is 2. The van der Waals surface area contributed by atoms with E-state index in [1.165, 1.54) is 6.07 Å². The number of carbonyl (C=O) groups excluding carboxylic acids is 1. The molecule has 0 fully saturated rings. The summed E-state index contributed by atoms with van der Waals surface area (Å²) >= 11 is 0. The Labute approximate surface area is 92.0 Å². The molecule has 1 aromatic rings. The first-order valence-electron chi connectivity index (χ1n) is 4.70. The molecule has 0 saturated carbocycles. The summed E-state index contributed by atoms with van der Waals surface area (Å²) < 4.78 is 36.1. The molecule has 3 nitrogen and oxygen atoms in total. The van der Waals surface area contributed by atoms with Crippen LogP contribution in [0.25, 0.3) is 0 Å². The zero-order valence-electron chi connectivity index (χ0n) is 9.21. The molecule has 0 aliphatic carbocycles. The lowest BCUT2D eigenvalue weighted by Gasteiger charge is -2.11. The number of benzene rings is 1. The van der Waals surface area contributed by atoms with E-state index in [9.17, 15) is 13.6 Å². The van der Waals surface area contributed by atoms with Crippen LogP contribution in [0.4, 0.5) is 8.78 Å². The van der Waals surface area contributed by atoms with Gasteiger partial charge in [-0.3, -0.25) is 0 Å². The predicted octanol–water partition coefficient (Wildman–Crippen LogP) is 2.54. The molecule has 0 aromatic heterocycles. The first-order chi connectivity index (χ1) is 7.47. The van der Waals surface area contributed by atoms with Crippen molar-refractivity contribution < 1.29 is 23.0 Å². The van der Waals surface area contributed by atoms with E-state index in [0.29, 0.717) is 0 Å². The van der Waals surface area contributed by atoms with Crippen molar-refractivity contribution >= 4 is 5.97 Å². The number of carbonyl (C=O) groups is 1. The van der Waals surface area contributed by atoms with Gasteiger partial charge < -0.3 is 9.47 Å². The Morgan fingerprint density at radius 1 is 1.25 bits per heavy atom. The highest BCUT2D eigenvalue weighted by atomic mass is 19.2. The number of rotatable bonds is 3. The van der Waals surface area contributed by atoms with Crippen molar-refractivity contribution in [1.82, 2.24) is 0 Å². The zero-order chi connectivity index (χ0) is 12.3. The van der Waals surface area contributed by atoms with Crippen molar-refractivity contribution in [2.24, 2.45) is 0 Å². The van der Waals surface area contributed by atoms with Gasteiger partial charge in [-0.15, -0.1) is 0 Å². The predicted molar refractivity (Wildman–Crippen MR) is 53.5 cm³/mol. The summed E-state index contributed by atoms with van der Waals surface area (Å²) in [5.41, 5.74) is -0.448. The van der Waals surface area contributed by atoms with E-state index in [-0.39, 0.29) is 11.9 Å². The van der Waals surface area contributed by atoms with Crippen LogP contribution in [0.2, 0.25) is 0 Å². The second-order valence-electron chi connectivity index (χ2n) is 3.40. The Bertz CT molecular complexity index is 402. The SMILES string of the molecule is COC(=O)c1ccc(OC(C)C)c(F)c1F. The van der Waals surface area contributed by atoms with E-state index in [4.69, 9.17) is 4.74 Å². The molecule has 0 spiro atoms. The van der Waals surface area contributed by atoms with Crippen LogP contribution in [0.15, 0.2) is 12.1 Å². The minimum absolute atomic E-state index is 0.222.